The van der Waals surface area contributed by atoms with E-state index in [1.807, 2.05) is 20.8 Å². The third-order valence-corrected chi connectivity index (χ3v) is 3.61. The Bertz CT molecular complexity index is 278. The number of nitrogens with zero attached hydrogens (tertiary/aromatic N) is 1. The molecule has 3 N–H and O–H groups in total. The Morgan fingerprint density at radius 3 is 2.21 bits per heavy atom. The summed E-state index contributed by atoms with van der Waals surface area (Å²) in [7, 11) is 2.12. The number of rotatable bonds is 5. The molecule has 1 saturated carbocycles. The highest BCUT2D eigenvalue weighted by Crippen LogP contribution is 2.26. The van der Waals surface area contributed by atoms with Crippen molar-refractivity contribution in [3.63, 3.8) is 0 Å². The van der Waals surface area contributed by atoms with Crippen LogP contribution in [0.3, 0.4) is 0 Å². The zero-order chi connectivity index (χ0) is 13.2. The van der Waals surface area contributed by atoms with E-state index in [0.717, 1.165) is 6.04 Å². The summed E-state index contributed by atoms with van der Waals surface area (Å²) in [5.41, 5.74) is 5.72. The molecule has 1 aliphatic carbocycles. The second kappa shape index (κ2) is 8.30. The van der Waals surface area contributed by atoms with E-state index in [2.05, 4.69) is 24.2 Å². The van der Waals surface area contributed by atoms with Gasteiger partial charge in [0.15, 0.2) is 0 Å². The van der Waals surface area contributed by atoms with Crippen molar-refractivity contribution >= 4 is 30.7 Å². The van der Waals surface area contributed by atoms with E-state index in [-0.39, 0.29) is 36.1 Å². The van der Waals surface area contributed by atoms with Crippen LogP contribution in [-0.2, 0) is 4.79 Å². The Labute approximate surface area is 129 Å². The molecule has 0 aromatic heterocycles. The zero-order valence-electron chi connectivity index (χ0n) is 12.6. The molecule has 0 aromatic rings. The molecule has 0 aliphatic heterocycles. The lowest BCUT2D eigenvalue weighted by Gasteiger charge is -2.28. The van der Waals surface area contributed by atoms with Gasteiger partial charge < -0.3 is 11.1 Å². The number of amides is 1. The second-order valence-electron chi connectivity index (χ2n) is 6.33. The zero-order valence-corrected chi connectivity index (χ0v) is 14.2. The molecule has 116 valence electrons. The lowest BCUT2D eigenvalue weighted by Crippen LogP contribution is -2.51. The average molecular weight is 314 g/mol. The Morgan fingerprint density at radius 2 is 1.84 bits per heavy atom. The van der Waals surface area contributed by atoms with Crippen LogP contribution in [0.25, 0.3) is 0 Å². The van der Waals surface area contributed by atoms with Gasteiger partial charge in [0.1, 0.15) is 0 Å². The Balaban J connectivity index is 0. The normalized spacial score (nSPS) is 18.1. The first-order chi connectivity index (χ1) is 7.73. The van der Waals surface area contributed by atoms with Crippen molar-refractivity contribution in [3.8, 4) is 0 Å². The van der Waals surface area contributed by atoms with E-state index in [4.69, 9.17) is 5.73 Å². The van der Waals surface area contributed by atoms with E-state index >= 15 is 0 Å². The second-order valence-corrected chi connectivity index (χ2v) is 6.33. The summed E-state index contributed by atoms with van der Waals surface area (Å²) in [5.74, 6) is -0.0476. The molecule has 1 unspecified atom stereocenters. The summed E-state index contributed by atoms with van der Waals surface area (Å²) < 4.78 is 0. The third-order valence-electron chi connectivity index (χ3n) is 3.61. The highest BCUT2D eigenvalue weighted by atomic mass is 35.5. The smallest absolute Gasteiger partial charge is 0.237 e. The van der Waals surface area contributed by atoms with E-state index in [0.29, 0.717) is 12.6 Å². The SMILES string of the molecule is CC(CNC(=O)[C@@H](N)C(C)(C)C)N(C)C1CC1.Cl.Cl. The minimum Gasteiger partial charge on any atom is -0.353 e. The molecule has 6 heteroatoms. The van der Waals surface area contributed by atoms with Gasteiger partial charge in [0, 0.05) is 18.6 Å². The average Bonchev–Trinajstić information content (AvgIpc) is 3.05. The molecule has 0 spiro atoms. The topological polar surface area (TPSA) is 58.4 Å². The number of hydrogen-bond acceptors (Lipinski definition) is 3. The summed E-state index contributed by atoms with van der Waals surface area (Å²) >= 11 is 0. The van der Waals surface area contributed by atoms with Crippen LogP contribution in [0.5, 0.6) is 0 Å². The van der Waals surface area contributed by atoms with Crippen molar-refractivity contribution in [2.45, 2.75) is 58.7 Å². The van der Waals surface area contributed by atoms with Crippen LogP contribution in [-0.4, -0.2) is 42.5 Å². The van der Waals surface area contributed by atoms with Gasteiger partial charge in [0.2, 0.25) is 5.91 Å². The van der Waals surface area contributed by atoms with Gasteiger partial charge in [-0.1, -0.05) is 20.8 Å². The maximum Gasteiger partial charge on any atom is 0.237 e. The summed E-state index contributed by atoms with van der Waals surface area (Å²) in [6.07, 6.45) is 2.58. The molecule has 2 atom stereocenters. The molecular formula is C13H29Cl2N3O. The van der Waals surface area contributed by atoms with Crippen molar-refractivity contribution in [3.05, 3.63) is 0 Å². The molecule has 1 fully saturated rings. The lowest BCUT2D eigenvalue weighted by atomic mass is 9.87. The van der Waals surface area contributed by atoms with Gasteiger partial charge >= 0.3 is 0 Å². The molecule has 0 aromatic carbocycles. The fraction of sp³-hybridized carbons (Fsp3) is 0.923. The van der Waals surface area contributed by atoms with Gasteiger partial charge in [-0.15, -0.1) is 24.8 Å². The van der Waals surface area contributed by atoms with E-state index in [9.17, 15) is 4.79 Å². The molecule has 0 heterocycles. The summed E-state index contributed by atoms with van der Waals surface area (Å²) in [4.78, 5) is 14.2. The Morgan fingerprint density at radius 1 is 1.37 bits per heavy atom. The van der Waals surface area contributed by atoms with E-state index in [1.165, 1.54) is 12.8 Å². The molecule has 1 aliphatic rings. The Hall–Kier alpha value is -0.0300. The number of likely N-dealkylation sites (N-methyl/N-ethyl adjacent to an activating group) is 1. The molecule has 19 heavy (non-hydrogen) atoms. The van der Waals surface area contributed by atoms with E-state index < -0.39 is 6.04 Å². The van der Waals surface area contributed by atoms with Gasteiger partial charge in [0.05, 0.1) is 6.04 Å². The van der Waals surface area contributed by atoms with Gasteiger partial charge in [-0.2, -0.15) is 0 Å². The van der Waals surface area contributed by atoms with Gasteiger partial charge in [0.25, 0.3) is 0 Å². The first-order valence-electron chi connectivity index (χ1n) is 6.48. The minimum atomic E-state index is -0.444. The van der Waals surface area contributed by atoms with Crippen LogP contribution in [0.4, 0.5) is 0 Å². The number of hydrogen-bond donors (Lipinski definition) is 2. The Kier molecular flexibility index (Phi) is 9.29. The predicted octanol–water partition coefficient (Wildman–Crippen LogP) is 1.80. The van der Waals surface area contributed by atoms with Crippen molar-refractivity contribution < 1.29 is 4.79 Å². The fourth-order valence-electron chi connectivity index (χ4n) is 1.74. The quantitative estimate of drug-likeness (QED) is 0.813. The van der Waals surface area contributed by atoms with Crippen molar-refractivity contribution in [2.24, 2.45) is 11.1 Å². The van der Waals surface area contributed by atoms with Crippen LogP contribution in [0.2, 0.25) is 0 Å². The number of carbonyl (C=O) groups is 1. The van der Waals surface area contributed by atoms with Crippen LogP contribution in [0, 0.1) is 5.41 Å². The molecule has 1 amide bonds. The van der Waals surface area contributed by atoms with E-state index in [1.54, 1.807) is 0 Å². The lowest BCUT2D eigenvalue weighted by molar-refractivity contribution is -0.124. The number of nitrogens with one attached hydrogen (secondary N) is 1. The summed E-state index contributed by atoms with van der Waals surface area (Å²) in [5, 5.41) is 2.95. The van der Waals surface area contributed by atoms with Gasteiger partial charge in [-0.05, 0) is 32.2 Å². The minimum absolute atomic E-state index is 0. The van der Waals surface area contributed by atoms with Crippen LogP contribution in [0.1, 0.15) is 40.5 Å². The van der Waals surface area contributed by atoms with Crippen molar-refractivity contribution in [1.82, 2.24) is 10.2 Å². The third kappa shape index (κ3) is 6.80. The molecule has 0 bridgehead atoms. The maximum atomic E-state index is 11.8. The first-order valence-corrected chi connectivity index (χ1v) is 6.48. The largest absolute Gasteiger partial charge is 0.353 e. The van der Waals surface area contributed by atoms with Crippen LogP contribution < -0.4 is 11.1 Å². The standard InChI is InChI=1S/C13H27N3O.2ClH/c1-9(16(5)10-6-7-10)8-15-12(17)11(14)13(2,3)4;;/h9-11H,6-8,14H2,1-5H3,(H,15,17);2*1H/t9?,11-;;/m1../s1. The molecule has 1 rings (SSSR count). The molecule has 4 nitrogen and oxygen atoms in total. The van der Waals surface area contributed by atoms with Crippen LogP contribution >= 0.6 is 24.8 Å². The summed E-state index contributed by atoms with van der Waals surface area (Å²) in [6, 6.07) is 0.651. The fourth-order valence-corrected chi connectivity index (χ4v) is 1.74. The maximum absolute atomic E-state index is 11.8. The first kappa shape index (κ1) is 21.3. The highest BCUT2D eigenvalue weighted by molar-refractivity contribution is 5.85. The highest BCUT2D eigenvalue weighted by Gasteiger charge is 2.30. The van der Waals surface area contributed by atoms with Gasteiger partial charge in [-0.3, -0.25) is 9.69 Å². The number of carbonyl (C=O) groups excluding carboxylic acids is 1. The van der Waals surface area contributed by atoms with Gasteiger partial charge in [-0.25, -0.2) is 0 Å². The van der Waals surface area contributed by atoms with Crippen molar-refractivity contribution in [2.75, 3.05) is 13.6 Å². The summed E-state index contributed by atoms with van der Waals surface area (Å²) in [6.45, 7) is 8.77. The monoisotopic (exact) mass is 313 g/mol. The van der Waals surface area contributed by atoms with Crippen molar-refractivity contribution in [1.29, 1.82) is 0 Å². The molecular weight excluding hydrogens is 285 g/mol. The molecule has 0 radical (unpaired) electrons. The molecule has 0 saturated heterocycles. The number of nitrogens with two attached hydrogens (primary N) is 1. The predicted molar refractivity (Wildman–Crippen MR) is 85.2 cm³/mol. The number of halogens is 2. The van der Waals surface area contributed by atoms with Crippen LogP contribution in [0.15, 0.2) is 0 Å².